The SMILES string of the molecule is Cc1ncsc1-c1ccc([C@H](C)NC(=O)[C@@H]2CCCN2C(=O)C(NC(=O)CCCCCCC(=O)N2CCN(C[C@@]3(C)CCC(c4ccc(Cl)cc4)=C(CN4CCN(c5ccc(C(=O)NS(=O)(=O)c6ccc(N[C@H](CCN7CCOCC7)CSc7ccccc7)c(S(=O)(=O)C(F)(F)F)c6)cc5)CC4)C3)CC2)C(C)(C)C)cc1. The van der Waals surface area contributed by atoms with Crippen molar-refractivity contribution >= 4 is 101 Å². The second-order valence-corrected chi connectivity index (χ2v) is 37.4. The Morgan fingerprint density at radius 2 is 1.42 bits per heavy atom. The van der Waals surface area contributed by atoms with Gasteiger partial charge in [-0.2, -0.15) is 13.2 Å². The summed E-state index contributed by atoms with van der Waals surface area (Å²) in [4.78, 5) is 86.0. The van der Waals surface area contributed by atoms with Crippen molar-refractivity contribution < 1.29 is 58.7 Å². The summed E-state index contributed by atoms with van der Waals surface area (Å²) < 4.78 is 105. The first-order valence-electron chi connectivity index (χ1n) is 38.6. The molecule has 111 heavy (non-hydrogen) atoms. The maximum Gasteiger partial charge on any atom is 0.501 e. The zero-order valence-corrected chi connectivity index (χ0v) is 68.3. The molecule has 29 heteroatoms. The lowest BCUT2D eigenvalue weighted by molar-refractivity contribution is -0.144. The predicted molar refractivity (Wildman–Crippen MR) is 432 cm³/mol. The van der Waals surface area contributed by atoms with Crippen LogP contribution in [0.5, 0.6) is 0 Å². The number of unbranched alkanes of at least 4 members (excludes halogenated alkanes) is 3. The first kappa shape index (κ1) is 84.5. The number of hydrogen-bond donors (Lipinski definition) is 4. The Morgan fingerprint density at radius 3 is 2.08 bits per heavy atom. The highest BCUT2D eigenvalue weighted by Crippen LogP contribution is 2.45. The zero-order valence-electron chi connectivity index (χ0n) is 64.3. The number of halogens is 4. The molecule has 0 spiro atoms. The van der Waals surface area contributed by atoms with Crippen LogP contribution < -0.4 is 25.6 Å². The number of thiazole rings is 1. The summed E-state index contributed by atoms with van der Waals surface area (Å²) in [5, 5.41) is 9.86. The highest BCUT2D eigenvalue weighted by Gasteiger charge is 2.49. The van der Waals surface area contributed by atoms with E-state index in [1.807, 2.05) is 116 Å². The lowest BCUT2D eigenvalue weighted by Crippen LogP contribution is -2.57. The number of nitrogens with one attached hydrogen (secondary N) is 4. The fourth-order valence-corrected chi connectivity index (χ4v) is 19.5. The Bertz CT molecular complexity index is 4460. The molecule has 4 aliphatic heterocycles. The van der Waals surface area contributed by atoms with E-state index in [0.717, 1.165) is 128 Å². The van der Waals surface area contributed by atoms with E-state index in [9.17, 15) is 54.0 Å². The summed E-state index contributed by atoms with van der Waals surface area (Å²) in [7, 11) is -11.0. The Balaban J connectivity index is 0.618. The van der Waals surface area contributed by atoms with Crippen molar-refractivity contribution in [3.63, 3.8) is 0 Å². The summed E-state index contributed by atoms with van der Waals surface area (Å²) in [5.74, 6) is -1.23. The number of ether oxygens (including phenoxy) is 1. The number of carbonyl (C=O) groups excluding carboxylic acids is 5. The van der Waals surface area contributed by atoms with Crippen LogP contribution in [0.2, 0.25) is 5.02 Å². The molecule has 1 unspecified atom stereocenters. The molecular formula is C82H105ClF3N11O10S4. The molecule has 21 nitrogen and oxygen atoms in total. The second kappa shape index (κ2) is 37.7. The van der Waals surface area contributed by atoms with E-state index >= 15 is 0 Å². The number of thioether (sulfide) groups is 1. The van der Waals surface area contributed by atoms with Crippen LogP contribution in [0.15, 0.2) is 147 Å². The minimum absolute atomic E-state index is 0.0213. The highest BCUT2D eigenvalue weighted by atomic mass is 35.5. The normalized spacial score (nSPS) is 19.5. The summed E-state index contributed by atoms with van der Waals surface area (Å²) in [5.41, 5.74) is 2.65. The topological polar surface area (TPSA) is 243 Å². The number of amides is 5. The van der Waals surface area contributed by atoms with Crippen molar-refractivity contribution in [3.05, 3.63) is 160 Å². The van der Waals surface area contributed by atoms with Crippen molar-refractivity contribution in [1.82, 2.24) is 44.8 Å². The van der Waals surface area contributed by atoms with E-state index in [1.54, 1.807) is 28.4 Å². The molecule has 0 saturated carbocycles. The summed E-state index contributed by atoms with van der Waals surface area (Å²) in [6.07, 6.45) is 8.05. The third-order valence-corrected chi connectivity index (χ3v) is 27.2. The van der Waals surface area contributed by atoms with Gasteiger partial charge in [-0.15, -0.1) is 23.1 Å². The van der Waals surface area contributed by atoms with Gasteiger partial charge in [0.2, 0.25) is 23.6 Å². The average Bonchev–Trinajstić information content (AvgIpc) is 1.56. The van der Waals surface area contributed by atoms with Gasteiger partial charge in [-0.25, -0.2) is 26.5 Å². The van der Waals surface area contributed by atoms with E-state index in [0.29, 0.717) is 115 Å². The molecule has 0 bridgehead atoms. The van der Waals surface area contributed by atoms with Crippen molar-refractivity contribution in [2.45, 2.75) is 163 Å². The summed E-state index contributed by atoms with van der Waals surface area (Å²) in [6, 6.07) is 32.0. The molecule has 11 rings (SSSR count). The van der Waals surface area contributed by atoms with Crippen molar-refractivity contribution in [2.75, 3.05) is 121 Å². The number of anilines is 2. The van der Waals surface area contributed by atoms with Gasteiger partial charge >= 0.3 is 5.51 Å². The van der Waals surface area contributed by atoms with E-state index in [4.69, 9.17) is 16.3 Å². The minimum atomic E-state index is -6.11. The van der Waals surface area contributed by atoms with Crippen molar-refractivity contribution in [1.29, 1.82) is 0 Å². The standard InChI is InChI=1S/C82H105ClF3N11O10S4/c1-57(59-20-22-61(23-21-59)75-58(2)87-56-109-75)88-78(101)71-17-14-37-97(71)79(102)76(80(3,4)5)90-73(98)18-12-7-8-13-19-74(99)96-45-41-94(42-46-96)55-81(6)36-34-69(60-24-28-64(83)29-25-60)63(52-81)53-93-39-43-95(44-40-93)66-30-26-62(27-31-66)77(100)91-111(105,106)68-32-33-70(72(51-68)110(103,104)82(84,85)86)89-65(35-38-92-47-49-107-50-48-92)54-108-67-15-10-9-11-16-67/h9-11,15-16,20-33,51,56-57,65,71,76,89H,7-8,12-14,17-19,34-50,52-55H2,1-6H3,(H,88,101)(H,90,98)(H,91,100)/t57-,65+,71-,76?,81-/m0/s1. The number of aryl methyl sites for hydroxylation is 1. The lowest BCUT2D eigenvalue weighted by atomic mass is 9.71. The van der Waals surface area contributed by atoms with E-state index < -0.39 is 70.3 Å². The molecule has 600 valence electrons. The van der Waals surface area contributed by atoms with Crippen LogP contribution in [0.1, 0.15) is 145 Å². The zero-order chi connectivity index (χ0) is 79.3. The number of sulfonamides is 1. The van der Waals surface area contributed by atoms with Gasteiger partial charge in [-0.05, 0) is 165 Å². The molecule has 6 aromatic rings. The number of hydrogen-bond acceptors (Lipinski definition) is 18. The van der Waals surface area contributed by atoms with Crippen LogP contribution in [0.3, 0.4) is 0 Å². The average molecular weight is 1630 g/mol. The lowest BCUT2D eigenvalue weighted by Gasteiger charge is -2.44. The van der Waals surface area contributed by atoms with Crippen LogP contribution in [0.25, 0.3) is 16.0 Å². The number of benzene rings is 5. The van der Waals surface area contributed by atoms with Gasteiger partial charge < -0.3 is 35.4 Å². The maximum atomic E-state index is 14.4. The number of morpholine rings is 1. The molecule has 4 N–H and O–H groups in total. The number of nitrogens with zero attached hydrogens (tertiary/aromatic N) is 7. The molecule has 4 fully saturated rings. The first-order chi connectivity index (χ1) is 52.9. The molecule has 1 aliphatic carbocycles. The highest BCUT2D eigenvalue weighted by molar-refractivity contribution is 7.99. The number of likely N-dealkylation sites (tertiary alicyclic amines) is 1. The van der Waals surface area contributed by atoms with E-state index in [2.05, 4.69) is 59.6 Å². The number of alkyl halides is 3. The number of rotatable bonds is 31. The Morgan fingerprint density at radius 1 is 0.757 bits per heavy atom. The monoisotopic (exact) mass is 1620 g/mol. The van der Waals surface area contributed by atoms with Crippen molar-refractivity contribution in [2.24, 2.45) is 10.8 Å². The fourth-order valence-electron chi connectivity index (χ4n) is 15.5. The molecule has 5 aromatic carbocycles. The van der Waals surface area contributed by atoms with Crippen LogP contribution in [-0.2, 0) is 43.8 Å². The van der Waals surface area contributed by atoms with Crippen LogP contribution in [0.4, 0.5) is 24.5 Å². The van der Waals surface area contributed by atoms with Gasteiger partial charge in [-0.1, -0.05) is 112 Å². The molecule has 1 aromatic heterocycles. The van der Waals surface area contributed by atoms with E-state index in [1.165, 1.54) is 35.0 Å². The fraction of sp³-hybridized carbons (Fsp3) is 0.512. The molecule has 0 radical (unpaired) electrons. The Kier molecular flexibility index (Phi) is 28.7. The van der Waals surface area contributed by atoms with Gasteiger partial charge in [0.25, 0.3) is 25.8 Å². The van der Waals surface area contributed by atoms with Gasteiger partial charge in [0, 0.05) is 137 Å². The number of aromatic nitrogens is 1. The number of carbonyl (C=O) groups is 5. The molecule has 5 aliphatic rings. The second-order valence-electron chi connectivity index (χ2n) is 31.4. The largest absolute Gasteiger partial charge is 0.501 e. The van der Waals surface area contributed by atoms with E-state index in [-0.39, 0.29) is 47.1 Å². The van der Waals surface area contributed by atoms with Gasteiger partial charge in [0.05, 0.1) is 45.9 Å². The smallest absolute Gasteiger partial charge is 0.380 e. The molecule has 5 amide bonds. The number of allylic oxidation sites excluding steroid dienone is 1. The van der Waals surface area contributed by atoms with Gasteiger partial charge in [-0.3, -0.25) is 38.7 Å². The van der Waals surface area contributed by atoms with Crippen LogP contribution >= 0.6 is 34.7 Å². The minimum Gasteiger partial charge on any atom is -0.380 e. The Labute approximate surface area is 665 Å². The third kappa shape index (κ3) is 22.5. The maximum absolute atomic E-state index is 14.4. The molecule has 5 heterocycles. The number of sulfone groups is 1. The third-order valence-electron chi connectivity index (χ3n) is 22.0. The molecule has 5 atom stereocenters. The summed E-state index contributed by atoms with van der Waals surface area (Å²) in [6.45, 7) is 22.8. The van der Waals surface area contributed by atoms with Crippen LogP contribution in [0, 0.1) is 17.8 Å². The Hall–Kier alpha value is -7.41. The molecule has 4 saturated heterocycles. The number of piperazine rings is 2. The van der Waals surface area contributed by atoms with Gasteiger partial charge in [0.1, 0.15) is 17.0 Å². The predicted octanol–water partition coefficient (Wildman–Crippen LogP) is 13.1. The van der Waals surface area contributed by atoms with Crippen molar-refractivity contribution in [3.8, 4) is 10.4 Å². The first-order valence-corrected chi connectivity index (χ1v) is 43.8. The van der Waals surface area contributed by atoms with Gasteiger partial charge in [0.15, 0.2) is 0 Å². The quantitative estimate of drug-likeness (QED) is 0.0233. The molecular weight excluding hydrogens is 1520 g/mol. The summed E-state index contributed by atoms with van der Waals surface area (Å²) >= 11 is 9.43. The van der Waals surface area contributed by atoms with Crippen LogP contribution in [-0.4, -0.2) is 210 Å².